The summed E-state index contributed by atoms with van der Waals surface area (Å²) in [6.07, 6.45) is 2.81. The molecule has 10 heavy (non-hydrogen) atoms. The van der Waals surface area contributed by atoms with E-state index in [4.69, 9.17) is 0 Å². The molecule has 1 aliphatic rings. The number of hydrazone groups is 1. The van der Waals surface area contributed by atoms with Gasteiger partial charge in [-0.1, -0.05) is 18.2 Å². The number of hydrazine groups is 1. The summed E-state index contributed by atoms with van der Waals surface area (Å²) in [4.78, 5) is 0. The molecule has 0 fully saturated rings. The Balaban J connectivity index is 2.54. The van der Waals surface area contributed by atoms with E-state index < -0.39 is 0 Å². The van der Waals surface area contributed by atoms with Crippen molar-refractivity contribution in [3.63, 3.8) is 0 Å². The lowest BCUT2D eigenvalue weighted by Crippen LogP contribution is -2.19. The molecule has 2 N–H and O–H groups in total. The fourth-order valence-electron chi connectivity index (χ4n) is 0.866. The molecule has 0 saturated heterocycles. The van der Waals surface area contributed by atoms with Crippen molar-refractivity contribution in [2.75, 3.05) is 5.43 Å². The van der Waals surface area contributed by atoms with Crippen LogP contribution in [0.5, 0.6) is 0 Å². The average Bonchev–Trinajstić information content (AvgIpc) is 2.05. The van der Waals surface area contributed by atoms with E-state index in [1.165, 1.54) is 0 Å². The maximum Gasteiger partial charge on any atom is 0.122 e. The molecule has 3 nitrogen and oxygen atoms in total. The number of nitrogens with zero attached hydrogens (tertiary/aromatic N) is 1. The summed E-state index contributed by atoms with van der Waals surface area (Å²) in [7, 11) is 0. The zero-order chi connectivity index (χ0) is 6.81. The Morgan fingerprint density at radius 1 is 1.30 bits per heavy atom. The van der Waals surface area contributed by atoms with Gasteiger partial charge in [0, 0.05) is 5.56 Å². The monoisotopic (exact) mass is 132 g/mol. The van der Waals surface area contributed by atoms with Gasteiger partial charge in [0.2, 0.25) is 0 Å². The van der Waals surface area contributed by atoms with Gasteiger partial charge in [-0.3, -0.25) is 5.43 Å². The number of hydrogen-bond donors (Lipinski definition) is 2. The van der Waals surface area contributed by atoms with Gasteiger partial charge >= 0.3 is 0 Å². The molecular weight excluding hydrogens is 126 g/mol. The molecule has 0 aliphatic carbocycles. The molecule has 0 spiro atoms. The smallest absolute Gasteiger partial charge is 0.122 e. The van der Waals surface area contributed by atoms with Crippen molar-refractivity contribution in [2.45, 2.75) is 0 Å². The van der Waals surface area contributed by atoms with E-state index in [0.29, 0.717) is 0 Å². The molecule has 0 unspecified atom stereocenters. The Labute approximate surface area is 58.7 Å². The van der Waals surface area contributed by atoms with Crippen LogP contribution in [0.25, 0.3) is 0 Å². The van der Waals surface area contributed by atoms with Gasteiger partial charge in [0.05, 0.1) is 5.69 Å². The Morgan fingerprint density at radius 3 is 3.10 bits per heavy atom. The van der Waals surface area contributed by atoms with Gasteiger partial charge in [0.1, 0.15) is 6.21 Å². The molecule has 1 aromatic carbocycles. The van der Waals surface area contributed by atoms with Crippen molar-refractivity contribution >= 4 is 11.9 Å². The second-order valence-corrected chi connectivity index (χ2v) is 2.01. The van der Waals surface area contributed by atoms with Crippen molar-refractivity contribution < 1.29 is 0 Å². The molecule has 2 rings (SSSR count). The fourth-order valence-corrected chi connectivity index (χ4v) is 0.866. The Bertz CT molecular complexity index is 267. The minimum absolute atomic E-state index is 0.987. The first-order valence-electron chi connectivity index (χ1n) is 3.02. The first kappa shape index (κ1) is 5.29. The lowest BCUT2D eigenvalue weighted by atomic mass is 10.2. The van der Waals surface area contributed by atoms with Gasteiger partial charge in [-0.15, -0.1) is 0 Å². The van der Waals surface area contributed by atoms with Crippen LogP contribution in [0.3, 0.4) is 0 Å². The van der Waals surface area contributed by atoms with Gasteiger partial charge in [-0.25, -0.2) is 5.53 Å². The second kappa shape index (κ2) is 2.02. The average molecular weight is 132 g/mol. The lowest BCUT2D eigenvalue weighted by Gasteiger charge is -2.11. The van der Waals surface area contributed by atoms with Gasteiger partial charge in [0.25, 0.3) is 0 Å². The summed E-state index contributed by atoms with van der Waals surface area (Å²) in [5.41, 5.74) is 7.49. The molecule has 0 aromatic heterocycles. The number of fused-ring (bicyclic) bond motifs is 1. The van der Waals surface area contributed by atoms with E-state index in [1.54, 1.807) is 0 Å². The summed E-state index contributed by atoms with van der Waals surface area (Å²) >= 11 is 0. The van der Waals surface area contributed by atoms with E-state index in [2.05, 4.69) is 22.3 Å². The van der Waals surface area contributed by atoms with Crippen molar-refractivity contribution in [2.24, 2.45) is 5.10 Å². The van der Waals surface area contributed by atoms with Crippen LogP contribution >= 0.6 is 0 Å². The third-order valence-electron chi connectivity index (χ3n) is 1.35. The first-order chi connectivity index (χ1) is 4.97. The number of para-hydroxylation sites is 1. The summed E-state index contributed by atoms with van der Waals surface area (Å²) in [5.74, 6) is 0. The molecule has 0 atom stereocenters. The van der Waals surface area contributed by atoms with E-state index in [9.17, 15) is 0 Å². The summed E-state index contributed by atoms with van der Waals surface area (Å²) in [6, 6.07) is 7.82. The number of rotatable bonds is 0. The second-order valence-electron chi connectivity index (χ2n) is 2.01. The highest BCUT2D eigenvalue weighted by Crippen LogP contribution is 2.12. The van der Waals surface area contributed by atoms with Crippen LogP contribution in [0.15, 0.2) is 29.4 Å². The van der Waals surface area contributed by atoms with Crippen molar-refractivity contribution in [3.05, 3.63) is 29.8 Å². The van der Waals surface area contributed by atoms with Crippen molar-refractivity contribution in [3.8, 4) is 0 Å². The lowest BCUT2D eigenvalue weighted by molar-refractivity contribution is 0.872. The predicted octanol–water partition coefficient (Wildman–Crippen LogP) is 0.828. The highest BCUT2D eigenvalue weighted by atomic mass is 15.6. The Hall–Kier alpha value is -1.51. The van der Waals surface area contributed by atoms with Gasteiger partial charge in [-0.05, 0) is 6.07 Å². The molecule has 1 aromatic rings. The quantitative estimate of drug-likeness (QED) is 0.548. The van der Waals surface area contributed by atoms with Crippen molar-refractivity contribution in [1.82, 2.24) is 5.53 Å². The van der Waals surface area contributed by atoms with E-state index in [-0.39, 0.29) is 0 Å². The van der Waals surface area contributed by atoms with Crippen LogP contribution < -0.4 is 11.0 Å². The van der Waals surface area contributed by atoms with E-state index in [0.717, 1.165) is 11.3 Å². The SMILES string of the molecule is [C]1=NNNc2ccccc21. The molecule has 1 radical (unpaired) electrons. The Kier molecular flexibility index (Phi) is 1.07. The summed E-state index contributed by atoms with van der Waals surface area (Å²) in [5, 5.41) is 3.71. The van der Waals surface area contributed by atoms with Gasteiger partial charge in [0.15, 0.2) is 0 Å². The normalized spacial score (nSPS) is 13.2. The van der Waals surface area contributed by atoms with Gasteiger partial charge < -0.3 is 0 Å². The molecule has 1 heterocycles. The third kappa shape index (κ3) is 0.719. The first-order valence-corrected chi connectivity index (χ1v) is 3.02. The minimum Gasteiger partial charge on any atom is -0.284 e. The van der Waals surface area contributed by atoms with Crippen LogP contribution in [-0.2, 0) is 0 Å². The summed E-state index contributed by atoms with van der Waals surface area (Å²) < 4.78 is 0. The predicted molar refractivity (Wildman–Crippen MR) is 39.7 cm³/mol. The van der Waals surface area contributed by atoms with E-state index >= 15 is 0 Å². The van der Waals surface area contributed by atoms with Crippen LogP contribution in [-0.4, -0.2) is 6.21 Å². The zero-order valence-corrected chi connectivity index (χ0v) is 5.26. The molecule has 0 bridgehead atoms. The highest BCUT2D eigenvalue weighted by molar-refractivity contribution is 5.88. The molecular formula is C7H6N3. The summed E-state index contributed by atoms with van der Waals surface area (Å²) in [6.45, 7) is 0. The van der Waals surface area contributed by atoms with Crippen molar-refractivity contribution in [1.29, 1.82) is 0 Å². The van der Waals surface area contributed by atoms with Crippen LogP contribution in [0.2, 0.25) is 0 Å². The number of hydrogen-bond acceptors (Lipinski definition) is 3. The Morgan fingerprint density at radius 2 is 2.20 bits per heavy atom. The standard InChI is InChI=1S/C7H6N3/c1-2-4-7-6(3-1)5-8-10-9-7/h1-4,9-10H. The van der Waals surface area contributed by atoms with Crippen LogP contribution in [0.4, 0.5) is 5.69 Å². The minimum atomic E-state index is 0.987. The molecule has 0 amide bonds. The van der Waals surface area contributed by atoms with Gasteiger partial charge in [-0.2, -0.15) is 5.10 Å². The maximum absolute atomic E-state index is 3.71. The third-order valence-corrected chi connectivity index (χ3v) is 1.35. The highest BCUT2D eigenvalue weighted by Gasteiger charge is 2.00. The molecule has 49 valence electrons. The van der Waals surface area contributed by atoms with Crippen LogP contribution in [0.1, 0.15) is 5.56 Å². The molecule has 3 heteroatoms. The topological polar surface area (TPSA) is 36.4 Å². The fraction of sp³-hybridized carbons (Fsp3) is 0. The maximum atomic E-state index is 3.71. The van der Waals surface area contributed by atoms with E-state index in [1.807, 2.05) is 24.3 Å². The number of benzene rings is 1. The zero-order valence-electron chi connectivity index (χ0n) is 5.26. The molecule has 0 saturated carbocycles. The number of anilines is 1. The number of nitrogens with one attached hydrogen (secondary N) is 2. The van der Waals surface area contributed by atoms with Crippen LogP contribution in [0, 0.1) is 0 Å². The largest absolute Gasteiger partial charge is 0.284 e. The molecule has 1 aliphatic heterocycles.